The second kappa shape index (κ2) is 5.71. The first-order valence-corrected chi connectivity index (χ1v) is 8.25. The number of ether oxygens (including phenoxy) is 1. The lowest BCUT2D eigenvalue weighted by atomic mass is 10.0. The van der Waals surface area contributed by atoms with Crippen LogP contribution in [-0.4, -0.2) is 24.5 Å². The number of rotatable bonds is 2. The Labute approximate surface area is 141 Å². The first-order valence-electron chi connectivity index (χ1n) is 8.25. The number of aryl methyl sites for hydroxylation is 2. The van der Waals surface area contributed by atoms with E-state index in [-0.39, 0.29) is 5.91 Å². The molecular weight excluding hydrogens is 300 g/mol. The minimum absolute atomic E-state index is 0.0369. The van der Waals surface area contributed by atoms with Crippen molar-refractivity contribution in [3.05, 3.63) is 59.3 Å². The molecule has 0 radical (unpaired) electrons. The van der Waals surface area contributed by atoms with Gasteiger partial charge in [-0.15, -0.1) is 0 Å². The van der Waals surface area contributed by atoms with Gasteiger partial charge >= 0.3 is 0 Å². The standard InChI is InChI=1S/C20H20N2O2/c1-13-16-12-15(24-2)9-10-17(16)21-19(13)20(23)22-11-5-7-14-6-3-4-8-18(14)22/h3-4,6,8-10,12,21H,5,7,11H2,1-2H3. The number of hydrogen-bond donors (Lipinski definition) is 1. The second-order valence-corrected chi connectivity index (χ2v) is 6.23. The van der Waals surface area contributed by atoms with Gasteiger partial charge in [0.2, 0.25) is 0 Å². The van der Waals surface area contributed by atoms with E-state index in [0.29, 0.717) is 5.69 Å². The van der Waals surface area contributed by atoms with Crippen LogP contribution in [0.3, 0.4) is 0 Å². The number of carbonyl (C=O) groups excluding carboxylic acids is 1. The van der Waals surface area contributed by atoms with Gasteiger partial charge in [0.05, 0.1) is 7.11 Å². The molecule has 0 saturated carbocycles. The summed E-state index contributed by atoms with van der Waals surface area (Å²) in [6, 6.07) is 14.0. The van der Waals surface area contributed by atoms with Crippen LogP contribution in [0.15, 0.2) is 42.5 Å². The quantitative estimate of drug-likeness (QED) is 0.773. The summed E-state index contributed by atoms with van der Waals surface area (Å²) in [7, 11) is 1.65. The van der Waals surface area contributed by atoms with Gasteiger partial charge in [0, 0.05) is 23.1 Å². The van der Waals surface area contributed by atoms with Crippen molar-refractivity contribution in [2.75, 3.05) is 18.6 Å². The van der Waals surface area contributed by atoms with Crippen molar-refractivity contribution in [3.8, 4) is 5.75 Å². The summed E-state index contributed by atoms with van der Waals surface area (Å²) in [5, 5.41) is 1.03. The van der Waals surface area contributed by atoms with E-state index >= 15 is 0 Å². The number of amides is 1. The van der Waals surface area contributed by atoms with Gasteiger partial charge in [0.1, 0.15) is 11.4 Å². The second-order valence-electron chi connectivity index (χ2n) is 6.23. The molecule has 3 aromatic rings. The average Bonchev–Trinajstić information content (AvgIpc) is 2.96. The number of fused-ring (bicyclic) bond motifs is 2. The highest BCUT2D eigenvalue weighted by Gasteiger charge is 2.26. The van der Waals surface area contributed by atoms with Gasteiger partial charge < -0.3 is 14.6 Å². The van der Waals surface area contributed by atoms with Crippen LogP contribution in [0.4, 0.5) is 5.69 Å². The average molecular weight is 320 g/mol. The predicted octanol–water partition coefficient (Wildman–Crippen LogP) is 4.08. The number of nitrogens with one attached hydrogen (secondary N) is 1. The number of nitrogens with zero attached hydrogens (tertiary/aromatic N) is 1. The Hall–Kier alpha value is -2.75. The van der Waals surface area contributed by atoms with Crippen LogP contribution in [0.2, 0.25) is 0 Å². The molecule has 4 rings (SSSR count). The molecule has 1 amide bonds. The SMILES string of the molecule is COc1ccc2[nH]c(C(=O)N3CCCc4ccccc43)c(C)c2c1. The summed E-state index contributed by atoms with van der Waals surface area (Å²) in [5.41, 5.74) is 4.87. The number of aromatic amines is 1. The van der Waals surface area contributed by atoms with Crippen LogP contribution >= 0.6 is 0 Å². The van der Waals surface area contributed by atoms with Crippen molar-refractivity contribution in [2.45, 2.75) is 19.8 Å². The van der Waals surface area contributed by atoms with Crippen molar-refractivity contribution in [1.82, 2.24) is 4.98 Å². The van der Waals surface area contributed by atoms with Gasteiger partial charge in [-0.05, 0) is 55.2 Å². The van der Waals surface area contributed by atoms with Gasteiger partial charge in [0.25, 0.3) is 5.91 Å². The number of aromatic nitrogens is 1. The smallest absolute Gasteiger partial charge is 0.274 e. The summed E-state index contributed by atoms with van der Waals surface area (Å²) in [6.07, 6.45) is 2.03. The summed E-state index contributed by atoms with van der Waals surface area (Å²) in [4.78, 5) is 18.4. The molecule has 24 heavy (non-hydrogen) atoms. The van der Waals surface area contributed by atoms with Gasteiger partial charge in [0.15, 0.2) is 0 Å². The van der Waals surface area contributed by atoms with Crippen molar-refractivity contribution in [3.63, 3.8) is 0 Å². The largest absolute Gasteiger partial charge is 0.497 e. The summed E-state index contributed by atoms with van der Waals surface area (Å²) in [6.45, 7) is 2.75. The Morgan fingerprint density at radius 2 is 2.04 bits per heavy atom. The van der Waals surface area contributed by atoms with E-state index in [1.807, 2.05) is 48.2 Å². The van der Waals surface area contributed by atoms with Crippen molar-refractivity contribution in [2.24, 2.45) is 0 Å². The molecule has 0 aliphatic carbocycles. The Bertz CT molecular complexity index is 927. The van der Waals surface area contributed by atoms with E-state index in [4.69, 9.17) is 4.74 Å². The lowest BCUT2D eigenvalue weighted by molar-refractivity contribution is 0.0980. The molecule has 0 atom stereocenters. The van der Waals surface area contributed by atoms with E-state index < -0.39 is 0 Å². The third kappa shape index (κ3) is 2.26. The Balaban J connectivity index is 1.78. The maximum Gasteiger partial charge on any atom is 0.274 e. The van der Waals surface area contributed by atoms with Gasteiger partial charge in [-0.25, -0.2) is 0 Å². The van der Waals surface area contributed by atoms with Crippen LogP contribution in [-0.2, 0) is 6.42 Å². The van der Waals surface area contributed by atoms with E-state index in [1.54, 1.807) is 7.11 Å². The van der Waals surface area contributed by atoms with Crippen molar-refractivity contribution in [1.29, 1.82) is 0 Å². The normalized spacial score (nSPS) is 13.8. The summed E-state index contributed by atoms with van der Waals surface area (Å²) >= 11 is 0. The predicted molar refractivity (Wildman–Crippen MR) is 96.0 cm³/mol. The molecule has 2 heterocycles. The number of para-hydroxylation sites is 1. The molecule has 1 N–H and O–H groups in total. The van der Waals surface area contributed by atoms with Crippen LogP contribution in [0.5, 0.6) is 5.75 Å². The molecule has 4 heteroatoms. The first kappa shape index (κ1) is 14.8. The van der Waals surface area contributed by atoms with E-state index in [0.717, 1.165) is 47.3 Å². The fourth-order valence-corrected chi connectivity index (χ4v) is 3.53. The molecule has 0 bridgehead atoms. The number of anilines is 1. The van der Waals surface area contributed by atoms with E-state index in [1.165, 1.54) is 5.56 Å². The Kier molecular flexibility index (Phi) is 3.53. The van der Waals surface area contributed by atoms with E-state index in [9.17, 15) is 4.79 Å². The summed E-state index contributed by atoms with van der Waals surface area (Å²) < 4.78 is 5.30. The van der Waals surface area contributed by atoms with Gasteiger partial charge in [-0.2, -0.15) is 0 Å². The molecular formula is C20H20N2O2. The fourth-order valence-electron chi connectivity index (χ4n) is 3.53. The lowest BCUT2D eigenvalue weighted by Gasteiger charge is -2.29. The third-order valence-corrected chi connectivity index (χ3v) is 4.83. The molecule has 0 fully saturated rings. The third-order valence-electron chi connectivity index (χ3n) is 4.83. The highest BCUT2D eigenvalue weighted by molar-refractivity contribution is 6.09. The van der Waals surface area contributed by atoms with Crippen LogP contribution in [0, 0.1) is 6.92 Å². The molecule has 1 aliphatic rings. The monoisotopic (exact) mass is 320 g/mol. The number of carbonyl (C=O) groups is 1. The number of hydrogen-bond acceptors (Lipinski definition) is 2. The minimum Gasteiger partial charge on any atom is -0.497 e. The molecule has 0 unspecified atom stereocenters. The highest BCUT2D eigenvalue weighted by Crippen LogP contribution is 2.31. The fraction of sp³-hybridized carbons (Fsp3) is 0.250. The minimum atomic E-state index is 0.0369. The number of methoxy groups -OCH3 is 1. The van der Waals surface area contributed by atoms with Gasteiger partial charge in [-0.3, -0.25) is 4.79 Å². The van der Waals surface area contributed by atoms with E-state index in [2.05, 4.69) is 11.1 Å². The van der Waals surface area contributed by atoms with Crippen LogP contribution in [0.1, 0.15) is 28.0 Å². The zero-order valence-electron chi connectivity index (χ0n) is 13.9. The molecule has 122 valence electrons. The molecule has 2 aromatic carbocycles. The van der Waals surface area contributed by atoms with Crippen LogP contribution < -0.4 is 9.64 Å². The molecule has 1 aliphatic heterocycles. The maximum atomic E-state index is 13.2. The Morgan fingerprint density at radius 3 is 2.88 bits per heavy atom. The first-order chi connectivity index (χ1) is 11.7. The number of benzene rings is 2. The molecule has 0 saturated heterocycles. The topological polar surface area (TPSA) is 45.3 Å². The molecule has 4 nitrogen and oxygen atoms in total. The van der Waals surface area contributed by atoms with Gasteiger partial charge in [-0.1, -0.05) is 18.2 Å². The zero-order valence-corrected chi connectivity index (χ0v) is 13.9. The van der Waals surface area contributed by atoms with Crippen LogP contribution in [0.25, 0.3) is 10.9 Å². The number of H-pyrrole nitrogens is 1. The summed E-state index contributed by atoms with van der Waals surface area (Å²) in [5.74, 6) is 0.835. The zero-order chi connectivity index (χ0) is 16.7. The van der Waals surface area contributed by atoms with Crippen molar-refractivity contribution < 1.29 is 9.53 Å². The highest BCUT2D eigenvalue weighted by atomic mass is 16.5. The molecule has 1 aromatic heterocycles. The lowest BCUT2D eigenvalue weighted by Crippen LogP contribution is -2.36. The molecule has 0 spiro atoms. The Morgan fingerprint density at radius 1 is 1.21 bits per heavy atom. The van der Waals surface area contributed by atoms with Crippen molar-refractivity contribution >= 4 is 22.5 Å². The maximum absolute atomic E-state index is 13.2.